The van der Waals surface area contributed by atoms with Gasteiger partial charge in [0, 0.05) is 13.4 Å². The average molecular weight is 436 g/mol. The lowest BCUT2D eigenvalue weighted by Gasteiger charge is -2.33. The molecule has 1 fully saturated rings. The highest BCUT2D eigenvalue weighted by Gasteiger charge is 2.31. The van der Waals surface area contributed by atoms with Gasteiger partial charge >= 0.3 is 0 Å². The molecule has 2 aromatic rings. The SMILES string of the molecule is CCC(CC)(CC)c1ccc(C(c2ccc(C(CC)(CC)CC)cc2)C2CCCN2)cc1.[HH]. The molecule has 1 atom stereocenters. The fourth-order valence-corrected chi connectivity index (χ4v) is 6.47. The summed E-state index contributed by atoms with van der Waals surface area (Å²) in [7, 11) is 0. The maximum Gasteiger partial charge on any atom is 0.0243 e. The Bertz CT molecular complexity index is 729. The van der Waals surface area contributed by atoms with E-state index < -0.39 is 0 Å². The van der Waals surface area contributed by atoms with Crippen molar-refractivity contribution in [1.82, 2.24) is 5.32 Å². The van der Waals surface area contributed by atoms with Gasteiger partial charge in [0.05, 0.1) is 0 Å². The molecule has 0 amide bonds. The maximum atomic E-state index is 3.81. The number of hydrogen-bond donors (Lipinski definition) is 1. The standard InChI is InChI=1S/C31H47N.H2/c1-7-30(8-2,9-3)26-19-15-24(16-20-26)29(28-14-13-23-32-28)25-17-21-27(22-18-25)31(10-4,11-5)12-6;/h15-22,28-29,32H,7-14,23H2,1-6H3;1H. The van der Waals surface area contributed by atoms with Gasteiger partial charge in [-0.25, -0.2) is 0 Å². The summed E-state index contributed by atoms with van der Waals surface area (Å²) in [6.07, 6.45) is 9.81. The number of nitrogens with one attached hydrogen (secondary N) is 1. The molecule has 32 heavy (non-hydrogen) atoms. The van der Waals surface area contributed by atoms with Crippen LogP contribution in [0.3, 0.4) is 0 Å². The first-order valence-electron chi connectivity index (χ1n) is 13.5. The lowest BCUT2D eigenvalue weighted by molar-refractivity contribution is 0.381. The Morgan fingerprint density at radius 3 is 1.34 bits per heavy atom. The van der Waals surface area contributed by atoms with Crippen molar-refractivity contribution in [3.8, 4) is 0 Å². The van der Waals surface area contributed by atoms with Gasteiger partial charge in [-0.1, -0.05) is 90.1 Å². The zero-order chi connectivity index (χ0) is 23.2. The third-order valence-corrected chi connectivity index (χ3v) is 9.33. The predicted octanol–water partition coefficient (Wildman–Crippen LogP) is 8.75. The van der Waals surface area contributed by atoms with Crippen molar-refractivity contribution >= 4 is 0 Å². The summed E-state index contributed by atoms with van der Waals surface area (Å²) in [5.41, 5.74) is 6.61. The van der Waals surface area contributed by atoms with Gasteiger partial charge in [0.25, 0.3) is 0 Å². The van der Waals surface area contributed by atoms with Crippen LogP contribution in [0.25, 0.3) is 0 Å². The highest BCUT2D eigenvalue weighted by Crippen LogP contribution is 2.39. The van der Waals surface area contributed by atoms with Crippen molar-refractivity contribution in [2.75, 3.05) is 6.54 Å². The summed E-state index contributed by atoms with van der Waals surface area (Å²) in [6, 6.07) is 20.0. The first-order valence-corrected chi connectivity index (χ1v) is 13.5. The van der Waals surface area contributed by atoms with Crippen LogP contribution in [-0.2, 0) is 10.8 Å². The predicted molar refractivity (Wildman–Crippen MR) is 143 cm³/mol. The second-order valence-corrected chi connectivity index (χ2v) is 10.1. The summed E-state index contributed by atoms with van der Waals surface area (Å²) in [4.78, 5) is 0. The van der Waals surface area contributed by atoms with Gasteiger partial charge in [0.15, 0.2) is 0 Å². The molecule has 0 bridgehead atoms. The molecule has 2 aromatic carbocycles. The molecule has 1 unspecified atom stereocenters. The molecule has 0 spiro atoms. The highest BCUT2D eigenvalue weighted by atomic mass is 14.9. The van der Waals surface area contributed by atoms with E-state index >= 15 is 0 Å². The van der Waals surface area contributed by atoms with Gasteiger partial charge in [0.2, 0.25) is 0 Å². The normalized spacial score (nSPS) is 17.3. The zero-order valence-corrected chi connectivity index (χ0v) is 21.6. The molecule has 1 saturated heterocycles. The molecule has 1 heteroatoms. The molecular formula is C31H49N. The second-order valence-electron chi connectivity index (χ2n) is 10.1. The summed E-state index contributed by atoms with van der Waals surface area (Å²) >= 11 is 0. The first-order chi connectivity index (χ1) is 15.5. The largest absolute Gasteiger partial charge is 0.313 e. The Morgan fingerprint density at radius 2 is 1.06 bits per heavy atom. The van der Waals surface area contributed by atoms with Crippen molar-refractivity contribution in [1.29, 1.82) is 0 Å². The van der Waals surface area contributed by atoms with Crippen molar-refractivity contribution in [3.05, 3.63) is 70.8 Å². The number of benzene rings is 2. The van der Waals surface area contributed by atoms with Crippen LogP contribution in [0.2, 0.25) is 0 Å². The number of hydrogen-bond acceptors (Lipinski definition) is 1. The molecule has 1 aliphatic heterocycles. The molecule has 1 nitrogen and oxygen atoms in total. The minimum absolute atomic E-state index is 0. The Kier molecular flexibility index (Phi) is 8.62. The van der Waals surface area contributed by atoms with Crippen LogP contribution in [-0.4, -0.2) is 12.6 Å². The van der Waals surface area contributed by atoms with Gasteiger partial charge in [0.1, 0.15) is 0 Å². The molecule has 0 radical (unpaired) electrons. The third kappa shape index (κ3) is 4.69. The van der Waals surface area contributed by atoms with Crippen LogP contribution in [0.5, 0.6) is 0 Å². The highest BCUT2D eigenvalue weighted by molar-refractivity contribution is 5.40. The molecule has 3 rings (SSSR count). The van der Waals surface area contributed by atoms with Crippen LogP contribution < -0.4 is 5.32 Å². The van der Waals surface area contributed by atoms with Crippen LogP contribution in [0.15, 0.2) is 48.5 Å². The van der Waals surface area contributed by atoms with E-state index in [0.29, 0.717) is 22.8 Å². The topological polar surface area (TPSA) is 12.0 Å². The zero-order valence-electron chi connectivity index (χ0n) is 21.6. The molecule has 0 saturated carbocycles. The minimum atomic E-state index is 0. The maximum absolute atomic E-state index is 3.81. The van der Waals surface area contributed by atoms with Crippen LogP contribution in [0.4, 0.5) is 0 Å². The van der Waals surface area contributed by atoms with Gasteiger partial charge in [-0.15, -0.1) is 0 Å². The summed E-state index contributed by atoms with van der Waals surface area (Å²) in [6.45, 7) is 15.2. The second kappa shape index (κ2) is 11.0. The van der Waals surface area contributed by atoms with E-state index in [1.54, 1.807) is 0 Å². The van der Waals surface area contributed by atoms with Crippen molar-refractivity contribution < 1.29 is 1.43 Å². The smallest absolute Gasteiger partial charge is 0.0243 e. The van der Waals surface area contributed by atoms with Crippen molar-refractivity contribution in [2.45, 2.75) is 116 Å². The van der Waals surface area contributed by atoms with E-state index in [9.17, 15) is 0 Å². The minimum Gasteiger partial charge on any atom is -0.313 e. The Balaban J connectivity index is 0.00000385. The van der Waals surface area contributed by atoms with Gasteiger partial charge in [-0.05, 0) is 91.0 Å². The Hall–Kier alpha value is -1.60. The monoisotopic (exact) mass is 435 g/mol. The molecule has 0 aliphatic carbocycles. The molecule has 1 N–H and O–H groups in total. The van der Waals surface area contributed by atoms with E-state index in [4.69, 9.17) is 0 Å². The quantitative estimate of drug-likeness (QED) is 0.372. The summed E-state index contributed by atoms with van der Waals surface area (Å²) in [5.74, 6) is 0.430. The summed E-state index contributed by atoms with van der Waals surface area (Å²) in [5, 5.41) is 3.81. The lowest BCUT2D eigenvalue weighted by Crippen LogP contribution is -2.30. The van der Waals surface area contributed by atoms with Crippen LogP contribution in [0.1, 0.15) is 123 Å². The van der Waals surface area contributed by atoms with E-state index in [1.165, 1.54) is 73.6 Å². The summed E-state index contributed by atoms with van der Waals surface area (Å²) < 4.78 is 0. The third-order valence-electron chi connectivity index (χ3n) is 9.33. The fraction of sp³-hybridized carbons (Fsp3) is 0.613. The number of rotatable bonds is 11. The van der Waals surface area contributed by atoms with Crippen LogP contribution >= 0.6 is 0 Å². The first kappa shape index (κ1) is 25.0. The average Bonchev–Trinajstić information content (AvgIpc) is 3.38. The molecule has 178 valence electrons. The Morgan fingerprint density at radius 1 is 0.688 bits per heavy atom. The van der Waals surface area contributed by atoms with Gasteiger partial charge < -0.3 is 5.32 Å². The van der Waals surface area contributed by atoms with E-state index in [-0.39, 0.29) is 1.43 Å². The van der Waals surface area contributed by atoms with E-state index in [1.807, 2.05) is 0 Å². The van der Waals surface area contributed by atoms with E-state index in [0.717, 1.165) is 6.54 Å². The molecule has 1 heterocycles. The fourth-order valence-electron chi connectivity index (χ4n) is 6.47. The van der Waals surface area contributed by atoms with Crippen molar-refractivity contribution in [2.24, 2.45) is 0 Å². The van der Waals surface area contributed by atoms with Gasteiger partial charge in [-0.3, -0.25) is 0 Å². The molecule has 1 aliphatic rings. The van der Waals surface area contributed by atoms with Gasteiger partial charge in [-0.2, -0.15) is 0 Å². The van der Waals surface area contributed by atoms with Crippen molar-refractivity contribution in [3.63, 3.8) is 0 Å². The lowest BCUT2D eigenvalue weighted by atomic mass is 9.72. The molecule has 0 aromatic heterocycles. The molecular weight excluding hydrogens is 386 g/mol. The van der Waals surface area contributed by atoms with E-state index in [2.05, 4.69) is 95.4 Å². The van der Waals surface area contributed by atoms with Crippen LogP contribution in [0, 0.1) is 0 Å². The Labute approximate surface area is 199 Å².